The molecule has 0 aromatic heterocycles. The Hall–Kier alpha value is -3.40. The Morgan fingerprint density at radius 3 is 1.92 bits per heavy atom. The molecule has 3 aromatic carbocycles. The summed E-state index contributed by atoms with van der Waals surface area (Å²) in [5, 5.41) is 2.83. The van der Waals surface area contributed by atoms with Gasteiger partial charge in [-0.1, -0.05) is 48.5 Å². The van der Waals surface area contributed by atoms with E-state index in [1.54, 1.807) is 36.2 Å². The first kappa shape index (κ1) is 17.4. The summed E-state index contributed by atoms with van der Waals surface area (Å²) in [6.45, 7) is 0.538. The monoisotopic (exact) mass is 344 g/mol. The Morgan fingerprint density at radius 2 is 1.31 bits per heavy atom. The van der Waals surface area contributed by atoms with E-state index in [0.717, 1.165) is 11.3 Å². The number of carbonyl (C=O) groups excluding carboxylic acids is 2. The summed E-state index contributed by atoms with van der Waals surface area (Å²) >= 11 is 0. The van der Waals surface area contributed by atoms with Crippen molar-refractivity contribution in [3.05, 3.63) is 102 Å². The van der Waals surface area contributed by atoms with Crippen molar-refractivity contribution in [2.75, 3.05) is 12.4 Å². The highest BCUT2D eigenvalue weighted by Gasteiger charge is 2.13. The molecule has 26 heavy (non-hydrogen) atoms. The van der Waals surface area contributed by atoms with Crippen LogP contribution >= 0.6 is 0 Å². The average molecular weight is 344 g/mol. The third kappa shape index (κ3) is 4.36. The van der Waals surface area contributed by atoms with E-state index < -0.39 is 0 Å². The number of nitrogens with one attached hydrogen (secondary N) is 1. The molecule has 0 fully saturated rings. The van der Waals surface area contributed by atoms with Crippen LogP contribution in [0.5, 0.6) is 0 Å². The molecule has 0 aliphatic rings. The van der Waals surface area contributed by atoms with E-state index in [0.29, 0.717) is 17.7 Å². The molecule has 3 rings (SSSR count). The van der Waals surface area contributed by atoms with Crippen LogP contribution in [-0.4, -0.2) is 23.8 Å². The lowest BCUT2D eigenvalue weighted by atomic mass is 10.1. The molecule has 130 valence electrons. The molecule has 0 spiro atoms. The fraction of sp³-hybridized carbons (Fsp3) is 0.0909. The average Bonchev–Trinajstić information content (AvgIpc) is 2.69. The lowest BCUT2D eigenvalue weighted by Crippen LogP contribution is -2.26. The maximum absolute atomic E-state index is 12.5. The molecule has 0 saturated carbocycles. The van der Waals surface area contributed by atoms with Gasteiger partial charge in [0.1, 0.15) is 0 Å². The number of amides is 2. The van der Waals surface area contributed by atoms with Gasteiger partial charge in [0.25, 0.3) is 11.8 Å². The molecule has 0 aliphatic heterocycles. The van der Waals surface area contributed by atoms with E-state index in [-0.39, 0.29) is 11.8 Å². The second-order valence-electron chi connectivity index (χ2n) is 6.04. The van der Waals surface area contributed by atoms with Crippen LogP contribution in [0.1, 0.15) is 26.3 Å². The van der Waals surface area contributed by atoms with Crippen molar-refractivity contribution in [3.8, 4) is 0 Å². The number of anilines is 1. The second kappa shape index (κ2) is 8.12. The molecule has 0 bridgehead atoms. The van der Waals surface area contributed by atoms with Gasteiger partial charge in [0.15, 0.2) is 0 Å². The SMILES string of the molecule is CN(Cc1ccccc1)C(=O)c1ccc(C(=O)Nc2ccccc2)cc1. The van der Waals surface area contributed by atoms with Crippen LogP contribution < -0.4 is 5.32 Å². The van der Waals surface area contributed by atoms with Crippen molar-refractivity contribution >= 4 is 17.5 Å². The Labute approximate surface area is 153 Å². The Morgan fingerprint density at radius 1 is 0.769 bits per heavy atom. The molecule has 2 amide bonds. The summed E-state index contributed by atoms with van der Waals surface area (Å²) in [5.41, 5.74) is 2.87. The van der Waals surface area contributed by atoms with Crippen LogP contribution in [0.15, 0.2) is 84.9 Å². The third-order valence-electron chi connectivity index (χ3n) is 4.03. The van der Waals surface area contributed by atoms with E-state index in [9.17, 15) is 9.59 Å². The van der Waals surface area contributed by atoms with Gasteiger partial charge in [0, 0.05) is 30.4 Å². The van der Waals surface area contributed by atoms with Crippen LogP contribution in [-0.2, 0) is 6.54 Å². The zero-order valence-electron chi connectivity index (χ0n) is 14.6. The number of hydrogen-bond acceptors (Lipinski definition) is 2. The Bertz CT molecular complexity index is 875. The van der Waals surface area contributed by atoms with Gasteiger partial charge in [0.05, 0.1) is 0 Å². The molecule has 4 nitrogen and oxygen atoms in total. The fourth-order valence-corrected chi connectivity index (χ4v) is 2.64. The van der Waals surface area contributed by atoms with Gasteiger partial charge in [-0.25, -0.2) is 0 Å². The number of carbonyl (C=O) groups is 2. The molecule has 4 heteroatoms. The fourth-order valence-electron chi connectivity index (χ4n) is 2.64. The summed E-state index contributed by atoms with van der Waals surface area (Å²) in [7, 11) is 1.77. The molecule has 0 unspecified atom stereocenters. The number of nitrogens with zero attached hydrogens (tertiary/aromatic N) is 1. The van der Waals surface area contributed by atoms with Crippen molar-refractivity contribution in [3.63, 3.8) is 0 Å². The number of para-hydroxylation sites is 1. The van der Waals surface area contributed by atoms with Crippen LogP contribution in [0.25, 0.3) is 0 Å². The number of rotatable bonds is 5. The highest BCUT2D eigenvalue weighted by atomic mass is 16.2. The summed E-state index contributed by atoms with van der Waals surface area (Å²) < 4.78 is 0. The third-order valence-corrected chi connectivity index (χ3v) is 4.03. The van der Waals surface area contributed by atoms with Gasteiger partial charge in [-0.3, -0.25) is 9.59 Å². The predicted octanol–water partition coefficient (Wildman–Crippen LogP) is 4.21. The minimum absolute atomic E-state index is 0.0797. The first-order valence-electron chi connectivity index (χ1n) is 8.39. The highest BCUT2D eigenvalue weighted by Crippen LogP contribution is 2.12. The summed E-state index contributed by atoms with van der Waals surface area (Å²) in [4.78, 5) is 26.5. The van der Waals surface area contributed by atoms with E-state index >= 15 is 0 Å². The number of hydrogen-bond donors (Lipinski definition) is 1. The zero-order valence-corrected chi connectivity index (χ0v) is 14.6. The van der Waals surface area contributed by atoms with Gasteiger partial charge in [0.2, 0.25) is 0 Å². The van der Waals surface area contributed by atoms with Crippen molar-refractivity contribution in [1.29, 1.82) is 0 Å². The zero-order chi connectivity index (χ0) is 18.4. The number of benzene rings is 3. The molecular formula is C22H20N2O2. The molecule has 0 heterocycles. The minimum Gasteiger partial charge on any atom is -0.337 e. The van der Waals surface area contributed by atoms with Crippen LogP contribution in [0.2, 0.25) is 0 Å². The van der Waals surface area contributed by atoms with Crippen LogP contribution in [0.4, 0.5) is 5.69 Å². The summed E-state index contributed by atoms with van der Waals surface area (Å²) in [6, 6.07) is 25.8. The summed E-state index contributed by atoms with van der Waals surface area (Å²) in [5.74, 6) is -0.281. The van der Waals surface area contributed by atoms with Crippen molar-refractivity contribution in [2.24, 2.45) is 0 Å². The first-order valence-corrected chi connectivity index (χ1v) is 8.39. The largest absolute Gasteiger partial charge is 0.337 e. The minimum atomic E-state index is -0.201. The molecule has 1 N–H and O–H groups in total. The normalized spacial score (nSPS) is 10.2. The molecular weight excluding hydrogens is 324 g/mol. The molecule has 0 aliphatic carbocycles. The van der Waals surface area contributed by atoms with Gasteiger partial charge in [-0.05, 0) is 42.0 Å². The predicted molar refractivity (Wildman–Crippen MR) is 103 cm³/mol. The second-order valence-corrected chi connectivity index (χ2v) is 6.04. The van der Waals surface area contributed by atoms with Gasteiger partial charge < -0.3 is 10.2 Å². The molecule has 0 atom stereocenters. The Kier molecular flexibility index (Phi) is 5.44. The smallest absolute Gasteiger partial charge is 0.255 e. The molecule has 3 aromatic rings. The van der Waals surface area contributed by atoms with E-state index in [2.05, 4.69) is 5.32 Å². The van der Waals surface area contributed by atoms with Crippen molar-refractivity contribution in [1.82, 2.24) is 4.90 Å². The van der Waals surface area contributed by atoms with E-state index in [1.165, 1.54) is 0 Å². The van der Waals surface area contributed by atoms with E-state index in [4.69, 9.17) is 0 Å². The lowest BCUT2D eigenvalue weighted by molar-refractivity contribution is 0.0784. The van der Waals surface area contributed by atoms with Gasteiger partial charge in [-0.15, -0.1) is 0 Å². The maximum atomic E-state index is 12.5. The highest BCUT2D eigenvalue weighted by molar-refractivity contribution is 6.05. The lowest BCUT2D eigenvalue weighted by Gasteiger charge is -2.17. The van der Waals surface area contributed by atoms with Crippen molar-refractivity contribution in [2.45, 2.75) is 6.54 Å². The molecule has 0 saturated heterocycles. The molecule has 0 radical (unpaired) electrons. The van der Waals surface area contributed by atoms with Gasteiger partial charge >= 0.3 is 0 Å². The maximum Gasteiger partial charge on any atom is 0.255 e. The first-order chi connectivity index (χ1) is 12.6. The van der Waals surface area contributed by atoms with Gasteiger partial charge in [-0.2, -0.15) is 0 Å². The Balaban J connectivity index is 1.65. The van der Waals surface area contributed by atoms with Crippen molar-refractivity contribution < 1.29 is 9.59 Å². The summed E-state index contributed by atoms with van der Waals surface area (Å²) in [6.07, 6.45) is 0. The quantitative estimate of drug-likeness (QED) is 0.754. The van der Waals surface area contributed by atoms with Crippen LogP contribution in [0.3, 0.4) is 0 Å². The standard InChI is InChI=1S/C22H20N2O2/c1-24(16-17-8-4-2-5-9-17)22(26)19-14-12-18(13-15-19)21(25)23-20-10-6-3-7-11-20/h2-15H,16H2,1H3,(H,23,25). The topological polar surface area (TPSA) is 49.4 Å². The van der Waals surface area contributed by atoms with E-state index in [1.807, 2.05) is 60.7 Å². The van der Waals surface area contributed by atoms with Crippen LogP contribution in [0, 0.1) is 0 Å².